The number of hydrogen-bond donors (Lipinski definition) is 2. The van der Waals surface area contributed by atoms with E-state index in [-0.39, 0.29) is 0 Å². The number of benzene rings is 2. The molecule has 6 heteroatoms. The van der Waals surface area contributed by atoms with Crippen molar-refractivity contribution in [2.24, 2.45) is 5.10 Å². The average molecular weight is 325 g/mol. The molecule has 0 aromatic heterocycles. The highest BCUT2D eigenvalue weighted by Gasteiger charge is 2.13. The van der Waals surface area contributed by atoms with E-state index < -0.39 is 11.8 Å². The van der Waals surface area contributed by atoms with Gasteiger partial charge in [0.05, 0.1) is 12.8 Å². The first-order valence-corrected chi connectivity index (χ1v) is 7.53. The maximum absolute atomic E-state index is 11.8. The maximum atomic E-state index is 11.8. The molecule has 0 fully saturated rings. The number of carbonyl (C=O) groups excluding carboxylic acids is 2. The van der Waals surface area contributed by atoms with E-state index in [4.69, 9.17) is 4.74 Å². The fourth-order valence-corrected chi connectivity index (χ4v) is 1.93. The second-order valence-electron chi connectivity index (χ2n) is 4.97. The number of nitrogens with one attached hydrogen (secondary N) is 2. The lowest BCUT2D eigenvalue weighted by molar-refractivity contribution is -0.136. The number of amides is 2. The zero-order chi connectivity index (χ0) is 17.4. The highest BCUT2D eigenvalue weighted by molar-refractivity contribution is 6.39. The van der Waals surface area contributed by atoms with Crippen LogP contribution in [-0.4, -0.2) is 24.6 Å². The molecule has 0 bridgehead atoms. The summed E-state index contributed by atoms with van der Waals surface area (Å²) in [6, 6.07) is 14.4. The Morgan fingerprint density at radius 3 is 2.46 bits per heavy atom. The summed E-state index contributed by atoms with van der Waals surface area (Å²) < 4.78 is 5.33. The fourth-order valence-electron chi connectivity index (χ4n) is 1.93. The lowest BCUT2D eigenvalue weighted by Gasteiger charge is -2.06. The van der Waals surface area contributed by atoms with Crippen molar-refractivity contribution in [2.75, 3.05) is 11.9 Å². The van der Waals surface area contributed by atoms with Crippen LogP contribution in [0.2, 0.25) is 0 Å². The number of anilines is 1. The highest BCUT2D eigenvalue weighted by Crippen LogP contribution is 2.13. The number of para-hydroxylation sites is 1. The molecule has 6 nitrogen and oxygen atoms in total. The Morgan fingerprint density at radius 1 is 1.08 bits per heavy atom. The van der Waals surface area contributed by atoms with E-state index in [2.05, 4.69) is 15.8 Å². The van der Waals surface area contributed by atoms with Crippen LogP contribution in [0.15, 0.2) is 53.6 Å². The third-order valence-electron chi connectivity index (χ3n) is 3.17. The van der Waals surface area contributed by atoms with Crippen molar-refractivity contribution in [3.8, 4) is 5.75 Å². The molecule has 2 rings (SSSR count). The highest BCUT2D eigenvalue weighted by atomic mass is 16.5. The van der Waals surface area contributed by atoms with Gasteiger partial charge in [-0.3, -0.25) is 9.59 Å². The number of hydrazone groups is 1. The van der Waals surface area contributed by atoms with E-state index in [1.165, 1.54) is 6.21 Å². The van der Waals surface area contributed by atoms with E-state index in [0.29, 0.717) is 12.3 Å². The van der Waals surface area contributed by atoms with Crippen LogP contribution >= 0.6 is 0 Å². The summed E-state index contributed by atoms with van der Waals surface area (Å²) in [4.78, 5) is 23.5. The number of aryl methyl sites for hydroxylation is 1. The van der Waals surface area contributed by atoms with Gasteiger partial charge in [-0.2, -0.15) is 5.10 Å². The quantitative estimate of drug-likeness (QED) is 0.503. The number of ether oxygens (including phenoxy) is 1. The summed E-state index contributed by atoms with van der Waals surface area (Å²) in [5.74, 6) is -0.843. The van der Waals surface area contributed by atoms with Gasteiger partial charge in [0.1, 0.15) is 5.75 Å². The summed E-state index contributed by atoms with van der Waals surface area (Å²) in [6.45, 7) is 4.35. The Bertz CT molecular complexity index is 739. The Morgan fingerprint density at radius 2 is 1.79 bits per heavy atom. The predicted octanol–water partition coefficient (Wildman–Crippen LogP) is 2.48. The van der Waals surface area contributed by atoms with E-state index >= 15 is 0 Å². The summed E-state index contributed by atoms with van der Waals surface area (Å²) >= 11 is 0. The Balaban J connectivity index is 1.87. The zero-order valence-electron chi connectivity index (χ0n) is 13.6. The smallest absolute Gasteiger partial charge is 0.329 e. The molecule has 0 radical (unpaired) electrons. The molecule has 2 aromatic carbocycles. The Labute approximate surface area is 140 Å². The van der Waals surface area contributed by atoms with Crippen LogP contribution in [0.4, 0.5) is 5.69 Å². The SMILES string of the molecule is CCOc1ccc(/C=N/NC(=O)C(=O)Nc2ccccc2C)cc1. The van der Waals surface area contributed by atoms with Crippen LogP contribution < -0.4 is 15.5 Å². The van der Waals surface area contributed by atoms with Crippen LogP contribution in [0.1, 0.15) is 18.1 Å². The standard InChI is InChI=1S/C18H19N3O3/c1-3-24-15-10-8-14(9-11-15)12-19-21-18(23)17(22)20-16-7-5-4-6-13(16)2/h4-12H,3H2,1-2H3,(H,20,22)(H,21,23)/b19-12+. The van der Waals surface area contributed by atoms with Gasteiger partial charge in [-0.05, 0) is 55.3 Å². The van der Waals surface area contributed by atoms with Crippen molar-refractivity contribution in [1.29, 1.82) is 0 Å². The normalized spacial score (nSPS) is 10.4. The molecule has 0 heterocycles. The first-order valence-electron chi connectivity index (χ1n) is 7.53. The molecule has 24 heavy (non-hydrogen) atoms. The molecule has 2 N–H and O–H groups in total. The van der Waals surface area contributed by atoms with Gasteiger partial charge >= 0.3 is 11.8 Å². The zero-order valence-corrected chi connectivity index (χ0v) is 13.6. The predicted molar refractivity (Wildman–Crippen MR) is 93.2 cm³/mol. The molecule has 0 atom stereocenters. The van der Waals surface area contributed by atoms with Crippen LogP contribution in [0.3, 0.4) is 0 Å². The minimum absolute atomic E-state index is 0.591. The first-order chi connectivity index (χ1) is 11.6. The molecule has 0 aliphatic heterocycles. The molecule has 2 aromatic rings. The van der Waals surface area contributed by atoms with Crippen LogP contribution in [0, 0.1) is 6.92 Å². The van der Waals surface area contributed by atoms with Crippen LogP contribution in [0.5, 0.6) is 5.75 Å². The third kappa shape index (κ3) is 4.95. The number of hydrogen-bond acceptors (Lipinski definition) is 4. The fraction of sp³-hybridized carbons (Fsp3) is 0.167. The lowest BCUT2D eigenvalue weighted by atomic mass is 10.2. The van der Waals surface area contributed by atoms with Gasteiger partial charge in [-0.15, -0.1) is 0 Å². The molecule has 0 saturated carbocycles. The summed E-state index contributed by atoms with van der Waals surface area (Å²) in [7, 11) is 0. The van der Waals surface area contributed by atoms with E-state index in [9.17, 15) is 9.59 Å². The summed E-state index contributed by atoms with van der Waals surface area (Å²) in [5, 5.41) is 6.31. The molecule has 2 amide bonds. The summed E-state index contributed by atoms with van der Waals surface area (Å²) in [5.41, 5.74) is 4.44. The molecule has 0 unspecified atom stereocenters. The first kappa shape index (κ1) is 17.2. The number of carbonyl (C=O) groups is 2. The van der Waals surface area contributed by atoms with E-state index in [1.54, 1.807) is 36.4 Å². The van der Waals surface area contributed by atoms with Crippen molar-refractivity contribution >= 4 is 23.7 Å². The number of rotatable bonds is 5. The second-order valence-corrected chi connectivity index (χ2v) is 4.97. The Hall–Kier alpha value is -3.15. The molecule has 0 aliphatic carbocycles. The molecule has 0 spiro atoms. The van der Waals surface area contributed by atoms with Gasteiger partial charge in [-0.1, -0.05) is 18.2 Å². The van der Waals surface area contributed by atoms with Gasteiger partial charge in [0.15, 0.2) is 0 Å². The van der Waals surface area contributed by atoms with Crippen molar-refractivity contribution in [1.82, 2.24) is 5.43 Å². The molecule has 0 saturated heterocycles. The van der Waals surface area contributed by atoms with Gasteiger partial charge < -0.3 is 10.1 Å². The minimum atomic E-state index is -0.833. The van der Waals surface area contributed by atoms with E-state index in [1.807, 2.05) is 26.0 Å². The summed E-state index contributed by atoms with van der Waals surface area (Å²) in [6.07, 6.45) is 1.45. The van der Waals surface area contributed by atoms with Crippen molar-refractivity contribution < 1.29 is 14.3 Å². The van der Waals surface area contributed by atoms with Crippen molar-refractivity contribution in [3.63, 3.8) is 0 Å². The topological polar surface area (TPSA) is 79.8 Å². The van der Waals surface area contributed by atoms with Gasteiger partial charge in [-0.25, -0.2) is 5.43 Å². The molecular formula is C18H19N3O3. The van der Waals surface area contributed by atoms with Gasteiger partial charge in [0.2, 0.25) is 0 Å². The largest absolute Gasteiger partial charge is 0.494 e. The molecule has 0 aliphatic rings. The van der Waals surface area contributed by atoms with Gasteiger partial charge in [0, 0.05) is 5.69 Å². The lowest BCUT2D eigenvalue weighted by Crippen LogP contribution is -2.32. The Kier molecular flexibility index (Phi) is 6.08. The number of nitrogens with zero attached hydrogens (tertiary/aromatic N) is 1. The second kappa shape index (κ2) is 8.47. The monoisotopic (exact) mass is 325 g/mol. The molecule has 124 valence electrons. The van der Waals surface area contributed by atoms with Crippen LogP contribution in [0.25, 0.3) is 0 Å². The van der Waals surface area contributed by atoms with Gasteiger partial charge in [0.25, 0.3) is 0 Å². The van der Waals surface area contributed by atoms with E-state index in [0.717, 1.165) is 16.9 Å². The average Bonchev–Trinajstić information content (AvgIpc) is 2.58. The van der Waals surface area contributed by atoms with Crippen LogP contribution in [-0.2, 0) is 9.59 Å². The van der Waals surface area contributed by atoms with Crippen molar-refractivity contribution in [3.05, 3.63) is 59.7 Å². The minimum Gasteiger partial charge on any atom is -0.494 e. The van der Waals surface area contributed by atoms with Crippen molar-refractivity contribution in [2.45, 2.75) is 13.8 Å². The third-order valence-corrected chi connectivity index (χ3v) is 3.17. The molecular weight excluding hydrogens is 306 g/mol. The maximum Gasteiger partial charge on any atom is 0.329 e.